The van der Waals surface area contributed by atoms with Gasteiger partial charge >= 0.3 is 0 Å². The van der Waals surface area contributed by atoms with Crippen LogP contribution in [-0.2, 0) is 6.54 Å². The van der Waals surface area contributed by atoms with E-state index in [0.717, 1.165) is 34.4 Å². The number of hydrogen-bond acceptors (Lipinski definition) is 3. The molecular weight excluding hydrogens is 276 g/mol. The Morgan fingerprint density at radius 3 is 2.58 bits per heavy atom. The summed E-state index contributed by atoms with van der Waals surface area (Å²) >= 11 is 7.67. The molecule has 0 saturated heterocycles. The zero-order valence-corrected chi connectivity index (χ0v) is 13.1. The molecule has 2 aromatic rings. The van der Waals surface area contributed by atoms with E-state index in [-0.39, 0.29) is 0 Å². The minimum atomic E-state index is 0.664. The Labute approximate surface area is 123 Å². The molecule has 4 heteroatoms. The fourth-order valence-electron chi connectivity index (χ4n) is 1.87. The van der Waals surface area contributed by atoms with Crippen LogP contribution in [0.25, 0.3) is 11.3 Å². The highest BCUT2D eigenvalue weighted by atomic mass is 35.5. The van der Waals surface area contributed by atoms with Gasteiger partial charge in [0.15, 0.2) is 0 Å². The number of nitrogens with zero attached hydrogens (tertiary/aromatic N) is 1. The molecule has 0 unspecified atom stereocenters. The van der Waals surface area contributed by atoms with E-state index in [4.69, 9.17) is 16.6 Å². The number of benzene rings is 1. The standard InChI is InChI=1S/C15H19ClN2S/c1-10(2)8-17-9-14-18-15(11(3)19-14)12-4-6-13(16)7-5-12/h4-7,10,17H,8-9H2,1-3H3. The number of halogens is 1. The second kappa shape index (κ2) is 6.51. The summed E-state index contributed by atoms with van der Waals surface area (Å²) in [5, 5.41) is 5.33. The zero-order chi connectivity index (χ0) is 13.8. The molecule has 0 atom stereocenters. The van der Waals surface area contributed by atoms with E-state index in [0.29, 0.717) is 5.92 Å². The Balaban J connectivity index is 2.10. The van der Waals surface area contributed by atoms with Gasteiger partial charge in [0, 0.05) is 22.0 Å². The predicted molar refractivity (Wildman–Crippen MR) is 83.8 cm³/mol. The van der Waals surface area contributed by atoms with Crippen LogP contribution in [0, 0.1) is 12.8 Å². The summed E-state index contributed by atoms with van der Waals surface area (Å²) < 4.78 is 0. The molecule has 2 rings (SSSR count). The van der Waals surface area contributed by atoms with E-state index < -0.39 is 0 Å². The van der Waals surface area contributed by atoms with Gasteiger partial charge in [-0.15, -0.1) is 11.3 Å². The van der Waals surface area contributed by atoms with Gasteiger partial charge in [0.25, 0.3) is 0 Å². The van der Waals surface area contributed by atoms with Crippen LogP contribution in [0.15, 0.2) is 24.3 Å². The first-order valence-electron chi connectivity index (χ1n) is 6.49. The molecule has 0 amide bonds. The maximum absolute atomic E-state index is 5.91. The molecule has 0 fully saturated rings. The van der Waals surface area contributed by atoms with Gasteiger partial charge in [0.1, 0.15) is 5.01 Å². The van der Waals surface area contributed by atoms with Gasteiger partial charge in [-0.25, -0.2) is 4.98 Å². The fraction of sp³-hybridized carbons (Fsp3) is 0.400. The van der Waals surface area contributed by atoms with E-state index in [1.54, 1.807) is 11.3 Å². The molecular formula is C15H19ClN2S. The third kappa shape index (κ3) is 4.03. The topological polar surface area (TPSA) is 24.9 Å². The molecule has 0 saturated carbocycles. The first-order chi connectivity index (χ1) is 9.06. The Hall–Kier alpha value is -0.900. The van der Waals surface area contributed by atoms with E-state index in [1.807, 2.05) is 24.3 Å². The summed E-state index contributed by atoms with van der Waals surface area (Å²) in [7, 11) is 0. The highest BCUT2D eigenvalue weighted by Gasteiger charge is 2.09. The van der Waals surface area contributed by atoms with Gasteiger partial charge in [0.05, 0.1) is 5.69 Å². The van der Waals surface area contributed by atoms with Crippen LogP contribution in [0.5, 0.6) is 0 Å². The molecule has 0 bridgehead atoms. The molecule has 2 nitrogen and oxygen atoms in total. The summed E-state index contributed by atoms with van der Waals surface area (Å²) in [4.78, 5) is 5.97. The minimum Gasteiger partial charge on any atom is -0.310 e. The van der Waals surface area contributed by atoms with Crippen molar-refractivity contribution in [3.63, 3.8) is 0 Å². The Bertz CT molecular complexity index is 532. The largest absolute Gasteiger partial charge is 0.310 e. The molecule has 0 aliphatic carbocycles. The molecule has 102 valence electrons. The van der Waals surface area contributed by atoms with Crippen LogP contribution < -0.4 is 5.32 Å². The molecule has 1 heterocycles. The lowest BCUT2D eigenvalue weighted by atomic mass is 10.1. The predicted octanol–water partition coefficient (Wildman–Crippen LogP) is 4.52. The summed E-state index contributed by atoms with van der Waals surface area (Å²) in [6.45, 7) is 8.40. The van der Waals surface area contributed by atoms with E-state index >= 15 is 0 Å². The van der Waals surface area contributed by atoms with Gasteiger partial charge in [-0.05, 0) is 31.5 Å². The van der Waals surface area contributed by atoms with Gasteiger partial charge in [-0.3, -0.25) is 0 Å². The van der Waals surface area contributed by atoms with E-state index in [1.165, 1.54) is 4.88 Å². The molecule has 19 heavy (non-hydrogen) atoms. The van der Waals surface area contributed by atoms with Gasteiger partial charge in [0.2, 0.25) is 0 Å². The van der Waals surface area contributed by atoms with Gasteiger partial charge in [-0.1, -0.05) is 37.6 Å². The second-order valence-electron chi connectivity index (χ2n) is 5.04. The fourth-order valence-corrected chi connectivity index (χ4v) is 2.92. The third-order valence-electron chi connectivity index (χ3n) is 2.79. The van der Waals surface area contributed by atoms with Crippen LogP contribution >= 0.6 is 22.9 Å². The van der Waals surface area contributed by atoms with Crippen molar-refractivity contribution in [3.8, 4) is 11.3 Å². The van der Waals surface area contributed by atoms with E-state index in [9.17, 15) is 0 Å². The highest BCUT2D eigenvalue weighted by molar-refractivity contribution is 7.12. The molecule has 0 aliphatic rings. The lowest BCUT2D eigenvalue weighted by Crippen LogP contribution is -2.18. The van der Waals surface area contributed by atoms with Crippen LogP contribution in [0.2, 0.25) is 5.02 Å². The summed E-state index contributed by atoms with van der Waals surface area (Å²) in [6, 6.07) is 7.87. The summed E-state index contributed by atoms with van der Waals surface area (Å²) in [5.41, 5.74) is 2.20. The Morgan fingerprint density at radius 2 is 1.95 bits per heavy atom. The van der Waals surface area contributed by atoms with Crippen molar-refractivity contribution in [3.05, 3.63) is 39.2 Å². The molecule has 1 aromatic heterocycles. The first-order valence-corrected chi connectivity index (χ1v) is 7.68. The molecule has 0 aliphatic heterocycles. The minimum absolute atomic E-state index is 0.664. The van der Waals surface area contributed by atoms with Gasteiger partial charge in [-0.2, -0.15) is 0 Å². The van der Waals surface area contributed by atoms with Crippen molar-refractivity contribution in [1.82, 2.24) is 10.3 Å². The van der Waals surface area contributed by atoms with Crippen LogP contribution in [0.3, 0.4) is 0 Å². The SMILES string of the molecule is Cc1sc(CNCC(C)C)nc1-c1ccc(Cl)cc1. The molecule has 0 radical (unpaired) electrons. The number of hydrogen-bond donors (Lipinski definition) is 1. The van der Waals surface area contributed by atoms with E-state index in [2.05, 4.69) is 26.1 Å². The van der Waals surface area contributed by atoms with Crippen molar-refractivity contribution in [1.29, 1.82) is 0 Å². The van der Waals surface area contributed by atoms with Crippen LogP contribution in [-0.4, -0.2) is 11.5 Å². The van der Waals surface area contributed by atoms with Crippen molar-refractivity contribution >= 4 is 22.9 Å². The molecule has 1 aromatic carbocycles. The average Bonchev–Trinajstić information content (AvgIpc) is 2.71. The first kappa shape index (κ1) is 14.5. The van der Waals surface area contributed by atoms with Crippen LogP contribution in [0.4, 0.5) is 0 Å². The van der Waals surface area contributed by atoms with Gasteiger partial charge < -0.3 is 5.32 Å². The maximum atomic E-state index is 5.91. The number of aryl methyl sites for hydroxylation is 1. The van der Waals surface area contributed by atoms with Crippen molar-refractivity contribution in [2.24, 2.45) is 5.92 Å². The monoisotopic (exact) mass is 294 g/mol. The third-order valence-corrected chi connectivity index (χ3v) is 4.01. The molecule has 0 spiro atoms. The maximum Gasteiger partial charge on any atom is 0.107 e. The summed E-state index contributed by atoms with van der Waals surface area (Å²) in [5.74, 6) is 0.664. The van der Waals surface area contributed by atoms with Crippen LogP contribution in [0.1, 0.15) is 23.7 Å². The lowest BCUT2D eigenvalue weighted by molar-refractivity contribution is 0.551. The smallest absolute Gasteiger partial charge is 0.107 e. The highest BCUT2D eigenvalue weighted by Crippen LogP contribution is 2.28. The lowest BCUT2D eigenvalue weighted by Gasteiger charge is -2.04. The number of nitrogens with one attached hydrogen (secondary N) is 1. The number of thiazole rings is 1. The average molecular weight is 295 g/mol. The Kier molecular flexibility index (Phi) is 4.97. The van der Waals surface area contributed by atoms with Crippen molar-refractivity contribution < 1.29 is 0 Å². The second-order valence-corrected chi connectivity index (χ2v) is 6.77. The quantitative estimate of drug-likeness (QED) is 0.877. The number of aromatic nitrogens is 1. The normalized spacial score (nSPS) is 11.2. The Morgan fingerprint density at radius 1 is 1.26 bits per heavy atom. The zero-order valence-electron chi connectivity index (χ0n) is 11.5. The van der Waals surface area contributed by atoms with Crippen molar-refractivity contribution in [2.45, 2.75) is 27.3 Å². The summed E-state index contributed by atoms with van der Waals surface area (Å²) in [6.07, 6.45) is 0. The van der Waals surface area contributed by atoms with Crippen molar-refractivity contribution in [2.75, 3.05) is 6.54 Å². The number of rotatable bonds is 5. The molecule has 1 N–H and O–H groups in total.